The molecule has 1 amide bonds. The van der Waals surface area contributed by atoms with Crippen LogP contribution in [0.4, 0.5) is 4.79 Å². The molecule has 1 atom stereocenters. The van der Waals surface area contributed by atoms with Gasteiger partial charge in [0.25, 0.3) is 0 Å². The average molecular weight is 378 g/mol. The Balaban J connectivity index is 1.53. The zero-order valence-electron chi connectivity index (χ0n) is 16.6. The summed E-state index contributed by atoms with van der Waals surface area (Å²) in [5, 5.41) is 1.22. The summed E-state index contributed by atoms with van der Waals surface area (Å²) in [6, 6.07) is 18.0. The lowest BCUT2D eigenvalue weighted by atomic mass is 10.0. The van der Waals surface area contributed by atoms with Crippen LogP contribution in [0.2, 0.25) is 0 Å². The van der Waals surface area contributed by atoms with Crippen LogP contribution in [0.5, 0.6) is 0 Å². The highest BCUT2D eigenvalue weighted by Gasteiger charge is 2.44. The molecule has 1 saturated heterocycles. The van der Waals surface area contributed by atoms with Crippen LogP contribution in [0.25, 0.3) is 10.9 Å². The van der Waals surface area contributed by atoms with E-state index in [1.807, 2.05) is 63.4 Å². The number of amides is 1. The summed E-state index contributed by atoms with van der Waals surface area (Å²) in [5.41, 5.74) is 2.68. The summed E-state index contributed by atoms with van der Waals surface area (Å²) in [6.45, 7) is 4.59. The highest BCUT2D eigenvalue weighted by atomic mass is 16.6. The summed E-state index contributed by atoms with van der Waals surface area (Å²) in [7, 11) is 2.05. The summed E-state index contributed by atoms with van der Waals surface area (Å²) >= 11 is 0. The molecule has 0 aliphatic carbocycles. The van der Waals surface area contributed by atoms with E-state index in [0.29, 0.717) is 6.61 Å². The fourth-order valence-corrected chi connectivity index (χ4v) is 4.03. The molecule has 0 bridgehead atoms. The molecule has 4 rings (SSSR count). The summed E-state index contributed by atoms with van der Waals surface area (Å²) in [4.78, 5) is 14.7. The Hall–Kier alpha value is -2.79. The van der Waals surface area contributed by atoms with E-state index in [1.54, 1.807) is 4.90 Å². The first-order valence-electron chi connectivity index (χ1n) is 9.62. The average Bonchev–Trinajstić information content (AvgIpc) is 3.17. The van der Waals surface area contributed by atoms with Crippen LogP contribution < -0.4 is 0 Å². The number of rotatable bonds is 4. The van der Waals surface area contributed by atoms with E-state index < -0.39 is 5.72 Å². The van der Waals surface area contributed by atoms with Gasteiger partial charge in [-0.15, -0.1) is 0 Å². The van der Waals surface area contributed by atoms with Gasteiger partial charge in [0.1, 0.15) is 12.3 Å². The van der Waals surface area contributed by atoms with Crippen LogP contribution in [0.15, 0.2) is 60.8 Å². The maximum Gasteiger partial charge on any atom is 0.412 e. The number of ether oxygens (including phenoxy) is 2. The number of benzene rings is 2. The lowest BCUT2D eigenvalue weighted by molar-refractivity contribution is -0.0491. The van der Waals surface area contributed by atoms with Gasteiger partial charge in [-0.25, -0.2) is 4.79 Å². The molecule has 28 heavy (non-hydrogen) atoms. The Bertz CT molecular complexity index is 978. The Morgan fingerprint density at radius 3 is 2.64 bits per heavy atom. The van der Waals surface area contributed by atoms with Crippen LogP contribution >= 0.6 is 0 Å². The van der Waals surface area contributed by atoms with Gasteiger partial charge in [0.15, 0.2) is 0 Å². The van der Waals surface area contributed by atoms with E-state index in [9.17, 15) is 4.79 Å². The number of carbonyl (C=O) groups is 1. The van der Waals surface area contributed by atoms with Crippen LogP contribution in [0.3, 0.4) is 0 Å². The van der Waals surface area contributed by atoms with Crippen LogP contribution in [0.1, 0.15) is 25.0 Å². The third-order valence-corrected chi connectivity index (χ3v) is 5.41. The monoisotopic (exact) mass is 378 g/mol. The van der Waals surface area contributed by atoms with Gasteiger partial charge in [-0.2, -0.15) is 0 Å². The normalized spacial score (nSPS) is 18.5. The smallest absolute Gasteiger partial charge is 0.412 e. The molecule has 2 aromatic carbocycles. The molecule has 1 aliphatic heterocycles. The Morgan fingerprint density at radius 1 is 1.14 bits per heavy atom. The summed E-state index contributed by atoms with van der Waals surface area (Å²) in [6.07, 6.45) is 2.53. The first-order chi connectivity index (χ1) is 13.5. The number of hydrogen-bond acceptors (Lipinski definition) is 3. The first-order valence-corrected chi connectivity index (χ1v) is 9.62. The van der Waals surface area contributed by atoms with E-state index >= 15 is 0 Å². The minimum Gasteiger partial charge on any atom is -0.444 e. The molecular formula is C23H26N2O3. The van der Waals surface area contributed by atoms with Crippen molar-refractivity contribution in [2.24, 2.45) is 7.05 Å². The largest absolute Gasteiger partial charge is 0.444 e. The third-order valence-electron chi connectivity index (χ3n) is 5.41. The van der Waals surface area contributed by atoms with E-state index in [4.69, 9.17) is 9.47 Å². The van der Waals surface area contributed by atoms with Crippen molar-refractivity contribution < 1.29 is 14.3 Å². The molecule has 0 N–H and O–H groups in total. The van der Waals surface area contributed by atoms with Crippen molar-refractivity contribution in [3.63, 3.8) is 0 Å². The van der Waals surface area contributed by atoms with Gasteiger partial charge in [0.2, 0.25) is 0 Å². The number of fused-ring (bicyclic) bond motifs is 1. The number of carbonyl (C=O) groups excluding carboxylic acids is 1. The van der Waals surface area contributed by atoms with Crippen molar-refractivity contribution in [1.29, 1.82) is 0 Å². The maximum atomic E-state index is 12.9. The van der Waals surface area contributed by atoms with Crippen LogP contribution in [-0.4, -0.2) is 33.9 Å². The second-order valence-corrected chi connectivity index (χ2v) is 7.81. The maximum absolute atomic E-state index is 12.9. The predicted octanol–water partition coefficient (Wildman–Crippen LogP) is 4.49. The Kier molecular flexibility index (Phi) is 4.85. The van der Waals surface area contributed by atoms with Gasteiger partial charge in [-0.05, 0) is 37.5 Å². The Labute approximate surface area is 165 Å². The molecule has 0 radical (unpaired) electrons. The van der Waals surface area contributed by atoms with Gasteiger partial charge in [0, 0.05) is 24.1 Å². The van der Waals surface area contributed by atoms with Gasteiger partial charge in [-0.3, -0.25) is 4.90 Å². The minimum absolute atomic E-state index is 0.0657. The first kappa shape index (κ1) is 18.6. The second-order valence-electron chi connectivity index (χ2n) is 7.81. The predicted molar refractivity (Wildman–Crippen MR) is 109 cm³/mol. The standard InChI is InChI=1S/C23H26N2O3/c1-23(2)25(22(26)27-15-17-9-5-4-6-10-17)19(16-28-23)13-18-14-24(3)21-12-8-7-11-20(18)21/h4-12,14,19H,13,15-16H2,1-3H3/t19-/m1/s1. The van der Waals surface area contributed by atoms with E-state index in [-0.39, 0.29) is 18.7 Å². The van der Waals surface area contributed by atoms with Crippen LogP contribution in [0, 0.1) is 0 Å². The highest BCUT2D eigenvalue weighted by molar-refractivity contribution is 5.84. The number of para-hydroxylation sites is 1. The van der Waals surface area contributed by atoms with Crippen LogP contribution in [-0.2, 0) is 29.5 Å². The highest BCUT2D eigenvalue weighted by Crippen LogP contribution is 2.32. The fraction of sp³-hybridized carbons (Fsp3) is 0.348. The third kappa shape index (κ3) is 3.50. The van der Waals surface area contributed by atoms with E-state index in [1.165, 1.54) is 16.5 Å². The van der Waals surface area contributed by atoms with Crippen molar-refractivity contribution in [2.45, 2.75) is 38.6 Å². The molecule has 146 valence electrons. The minimum atomic E-state index is -0.691. The lowest BCUT2D eigenvalue weighted by Gasteiger charge is -2.32. The fourth-order valence-electron chi connectivity index (χ4n) is 4.03. The summed E-state index contributed by atoms with van der Waals surface area (Å²) in [5.74, 6) is 0. The topological polar surface area (TPSA) is 43.7 Å². The van der Waals surface area contributed by atoms with Gasteiger partial charge >= 0.3 is 6.09 Å². The Morgan fingerprint density at radius 2 is 1.86 bits per heavy atom. The summed E-state index contributed by atoms with van der Waals surface area (Å²) < 4.78 is 13.7. The van der Waals surface area contributed by atoms with Gasteiger partial charge < -0.3 is 14.0 Å². The van der Waals surface area contributed by atoms with E-state index in [0.717, 1.165) is 12.0 Å². The molecule has 0 saturated carbocycles. The second kappa shape index (κ2) is 7.32. The molecule has 2 heterocycles. The van der Waals surface area contributed by atoms with Crippen molar-refractivity contribution >= 4 is 17.0 Å². The van der Waals surface area contributed by atoms with Crippen molar-refractivity contribution in [2.75, 3.05) is 6.61 Å². The molecule has 5 nitrogen and oxygen atoms in total. The molecule has 0 unspecified atom stereocenters. The quantitative estimate of drug-likeness (QED) is 0.672. The molecule has 1 fully saturated rings. The molecule has 1 aromatic heterocycles. The van der Waals surface area contributed by atoms with E-state index in [2.05, 4.69) is 22.9 Å². The van der Waals surface area contributed by atoms with Crippen molar-refractivity contribution in [3.05, 3.63) is 71.9 Å². The number of aryl methyl sites for hydroxylation is 1. The molecule has 5 heteroatoms. The molecule has 3 aromatic rings. The number of nitrogens with zero attached hydrogens (tertiary/aromatic N) is 2. The van der Waals surface area contributed by atoms with Gasteiger partial charge in [-0.1, -0.05) is 48.5 Å². The number of hydrogen-bond donors (Lipinski definition) is 0. The molecule has 0 spiro atoms. The zero-order valence-corrected chi connectivity index (χ0v) is 16.6. The number of aromatic nitrogens is 1. The van der Waals surface area contributed by atoms with Crippen molar-refractivity contribution in [1.82, 2.24) is 9.47 Å². The SMILES string of the molecule is Cn1cc(C[C@@H]2COC(C)(C)N2C(=O)OCc2ccccc2)c2ccccc21. The van der Waals surface area contributed by atoms with Gasteiger partial charge in [0.05, 0.1) is 12.6 Å². The zero-order chi connectivity index (χ0) is 19.7. The van der Waals surface area contributed by atoms with Crippen molar-refractivity contribution in [3.8, 4) is 0 Å². The lowest BCUT2D eigenvalue weighted by Crippen LogP contribution is -2.48. The molecular weight excluding hydrogens is 352 g/mol. The molecule has 1 aliphatic rings.